The Morgan fingerprint density at radius 3 is 2.20 bits per heavy atom. The summed E-state index contributed by atoms with van der Waals surface area (Å²) < 4.78 is 5.21. The van der Waals surface area contributed by atoms with Crippen molar-refractivity contribution in [1.82, 2.24) is 15.3 Å². The quantitative estimate of drug-likeness (QED) is 0.450. The van der Waals surface area contributed by atoms with Crippen molar-refractivity contribution in [3.05, 3.63) is 103 Å². The van der Waals surface area contributed by atoms with Crippen molar-refractivity contribution in [1.29, 1.82) is 0 Å². The summed E-state index contributed by atoms with van der Waals surface area (Å²) >= 11 is 0. The summed E-state index contributed by atoms with van der Waals surface area (Å²) in [7, 11) is 0. The van der Waals surface area contributed by atoms with Crippen LogP contribution in [0.1, 0.15) is 11.4 Å². The molecule has 4 aromatic rings. The minimum Gasteiger partial charge on any atom is -0.445 e. The zero-order valence-electron chi connectivity index (χ0n) is 16.5. The Labute approximate surface area is 175 Å². The van der Waals surface area contributed by atoms with Crippen LogP contribution in [0.15, 0.2) is 91.1 Å². The van der Waals surface area contributed by atoms with Crippen LogP contribution in [0.4, 0.5) is 4.79 Å². The van der Waals surface area contributed by atoms with Gasteiger partial charge in [-0.25, -0.2) is 9.78 Å². The molecule has 0 saturated carbocycles. The highest BCUT2D eigenvalue weighted by atomic mass is 16.5. The molecule has 0 bridgehead atoms. The first-order chi connectivity index (χ1) is 14.8. The molecule has 3 aromatic carbocycles. The van der Waals surface area contributed by atoms with Gasteiger partial charge >= 0.3 is 6.09 Å². The summed E-state index contributed by atoms with van der Waals surface area (Å²) in [6, 6.07) is 28.2. The molecule has 0 atom stereocenters. The van der Waals surface area contributed by atoms with E-state index in [1.54, 1.807) is 0 Å². The van der Waals surface area contributed by atoms with Crippen LogP contribution < -0.4 is 5.32 Å². The van der Waals surface area contributed by atoms with E-state index >= 15 is 0 Å². The standard InChI is InChI=1S/C25H23N3O2/c29-25(30-18-19-7-3-1-4-8-19)26-16-15-24-27-17-23(28-24)22-13-11-21(12-14-22)20-9-5-2-6-10-20/h1-14,17H,15-16,18H2,(H,26,29)(H,27,28). The highest BCUT2D eigenvalue weighted by Crippen LogP contribution is 2.23. The molecule has 0 aliphatic carbocycles. The molecule has 0 saturated heterocycles. The minimum absolute atomic E-state index is 0.260. The molecule has 0 radical (unpaired) electrons. The van der Waals surface area contributed by atoms with E-state index in [0.29, 0.717) is 13.0 Å². The number of carbonyl (C=O) groups excluding carboxylic acids is 1. The number of ether oxygens (including phenoxy) is 1. The highest BCUT2D eigenvalue weighted by Gasteiger charge is 2.07. The largest absolute Gasteiger partial charge is 0.445 e. The van der Waals surface area contributed by atoms with Gasteiger partial charge in [-0.1, -0.05) is 84.9 Å². The average molecular weight is 397 g/mol. The Morgan fingerprint density at radius 2 is 1.47 bits per heavy atom. The molecule has 150 valence electrons. The molecule has 0 unspecified atom stereocenters. The van der Waals surface area contributed by atoms with Crippen molar-refractivity contribution >= 4 is 6.09 Å². The van der Waals surface area contributed by atoms with Gasteiger partial charge in [-0.3, -0.25) is 0 Å². The molecular formula is C25H23N3O2. The van der Waals surface area contributed by atoms with E-state index in [0.717, 1.165) is 22.6 Å². The monoisotopic (exact) mass is 397 g/mol. The van der Waals surface area contributed by atoms with Crippen molar-refractivity contribution in [3.8, 4) is 22.4 Å². The number of H-pyrrole nitrogens is 1. The van der Waals surface area contributed by atoms with Crippen molar-refractivity contribution in [2.24, 2.45) is 0 Å². The van der Waals surface area contributed by atoms with Gasteiger partial charge in [0.2, 0.25) is 0 Å². The number of hydrogen-bond donors (Lipinski definition) is 2. The van der Waals surface area contributed by atoms with Gasteiger partial charge in [0.25, 0.3) is 0 Å². The predicted octanol–water partition coefficient (Wildman–Crippen LogP) is 5.21. The third-order valence-corrected chi connectivity index (χ3v) is 4.76. The third kappa shape index (κ3) is 5.14. The first kappa shape index (κ1) is 19.5. The minimum atomic E-state index is -0.429. The fourth-order valence-corrected chi connectivity index (χ4v) is 3.16. The maximum absolute atomic E-state index is 11.8. The fraction of sp³-hybridized carbons (Fsp3) is 0.120. The summed E-state index contributed by atoms with van der Waals surface area (Å²) in [6.45, 7) is 0.712. The van der Waals surface area contributed by atoms with Gasteiger partial charge < -0.3 is 15.0 Å². The maximum Gasteiger partial charge on any atom is 0.407 e. The van der Waals surface area contributed by atoms with Crippen LogP contribution in [0.25, 0.3) is 22.4 Å². The molecule has 1 aromatic heterocycles. The van der Waals surface area contributed by atoms with Gasteiger partial charge in [-0.05, 0) is 16.7 Å². The first-order valence-electron chi connectivity index (χ1n) is 9.92. The summed E-state index contributed by atoms with van der Waals surface area (Å²) in [5.41, 5.74) is 5.26. The normalized spacial score (nSPS) is 10.5. The molecule has 0 spiro atoms. The highest BCUT2D eigenvalue weighted by molar-refractivity contribution is 5.68. The summed E-state index contributed by atoms with van der Waals surface area (Å²) in [4.78, 5) is 19.6. The molecule has 5 nitrogen and oxygen atoms in total. The second kappa shape index (κ2) is 9.56. The third-order valence-electron chi connectivity index (χ3n) is 4.76. The van der Waals surface area contributed by atoms with E-state index in [-0.39, 0.29) is 6.61 Å². The van der Waals surface area contributed by atoms with Crippen LogP contribution in [-0.2, 0) is 17.8 Å². The fourth-order valence-electron chi connectivity index (χ4n) is 3.16. The van der Waals surface area contributed by atoms with Crippen LogP contribution >= 0.6 is 0 Å². The molecule has 0 aliphatic rings. The van der Waals surface area contributed by atoms with Crippen molar-refractivity contribution in [3.63, 3.8) is 0 Å². The summed E-state index contributed by atoms with van der Waals surface area (Å²) in [5.74, 6) is 0.820. The summed E-state index contributed by atoms with van der Waals surface area (Å²) in [5, 5.41) is 2.75. The van der Waals surface area contributed by atoms with Crippen molar-refractivity contribution in [2.45, 2.75) is 13.0 Å². The molecule has 0 fully saturated rings. The molecule has 4 rings (SSSR count). The van der Waals surface area contributed by atoms with Gasteiger partial charge in [0.15, 0.2) is 0 Å². The molecule has 0 aliphatic heterocycles. The molecule has 2 N–H and O–H groups in total. The van der Waals surface area contributed by atoms with Crippen molar-refractivity contribution in [2.75, 3.05) is 6.54 Å². The van der Waals surface area contributed by atoms with Crippen LogP contribution in [0.5, 0.6) is 0 Å². The molecule has 5 heteroatoms. The number of benzene rings is 3. The SMILES string of the molecule is O=C(NCCc1nc(-c2ccc(-c3ccccc3)cc2)c[nH]1)OCc1ccccc1. The number of nitrogens with one attached hydrogen (secondary N) is 2. The number of amides is 1. The smallest absolute Gasteiger partial charge is 0.407 e. The Balaban J connectivity index is 1.26. The number of imidazole rings is 1. The van der Waals surface area contributed by atoms with Crippen LogP contribution in [-0.4, -0.2) is 22.6 Å². The topological polar surface area (TPSA) is 67.0 Å². The number of carbonyl (C=O) groups is 1. The van der Waals surface area contributed by atoms with Gasteiger partial charge in [-0.15, -0.1) is 0 Å². The second-order valence-electron chi connectivity index (χ2n) is 6.91. The number of aromatic amines is 1. The Hall–Kier alpha value is -3.86. The lowest BCUT2D eigenvalue weighted by Crippen LogP contribution is -2.26. The number of rotatable bonds is 7. The van der Waals surface area contributed by atoms with Crippen LogP contribution in [0, 0.1) is 0 Å². The van der Waals surface area contributed by atoms with Crippen molar-refractivity contribution < 1.29 is 9.53 Å². The number of nitrogens with zero attached hydrogens (tertiary/aromatic N) is 1. The first-order valence-corrected chi connectivity index (χ1v) is 9.92. The Bertz CT molecular complexity index is 1070. The maximum atomic E-state index is 11.8. The Kier molecular flexibility index (Phi) is 6.20. The van der Waals surface area contributed by atoms with E-state index in [1.165, 1.54) is 11.1 Å². The van der Waals surface area contributed by atoms with E-state index in [9.17, 15) is 4.79 Å². The molecular weight excluding hydrogens is 374 g/mol. The van der Waals surface area contributed by atoms with E-state index in [1.807, 2.05) is 54.7 Å². The van der Waals surface area contributed by atoms with Gasteiger partial charge in [0.1, 0.15) is 12.4 Å². The van der Waals surface area contributed by atoms with Crippen LogP contribution in [0.2, 0.25) is 0 Å². The van der Waals surface area contributed by atoms with Gasteiger partial charge in [0, 0.05) is 24.7 Å². The zero-order valence-corrected chi connectivity index (χ0v) is 16.5. The van der Waals surface area contributed by atoms with Crippen LogP contribution in [0.3, 0.4) is 0 Å². The van der Waals surface area contributed by atoms with E-state index in [2.05, 4.69) is 51.7 Å². The lowest BCUT2D eigenvalue weighted by atomic mass is 10.0. The second-order valence-corrected chi connectivity index (χ2v) is 6.91. The lowest BCUT2D eigenvalue weighted by molar-refractivity contribution is 0.140. The number of alkyl carbamates (subject to hydrolysis) is 1. The predicted molar refractivity (Wildman–Crippen MR) is 118 cm³/mol. The average Bonchev–Trinajstić information content (AvgIpc) is 3.28. The van der Waals surface area contributed by atoms with Gasteiger partial charge in [-0.2, -0.15) is 0 Å². The number of hydrogen-bond acceptors (Lipinski definition) is 3. The molecule has 30 heavy (non-hydrogen) atoms. The zero-order chi connectivity index (χ0) is 20.6. The molecule has 1 amide bonds. The summed E-state index contributed by atoms with van der Waals surface area (Å²) in [6.07, 6.45) is 2.06. The molecule has 1 heterocycles. The van der Waals surface area contributed by atoms with E-state index in [4.69, 9.17) is 4.74 Å². The Morgan fingerprint density at radius 1 is 0.833 bits per heavy atom. The number of aromatic nitrogens is 2. The van der Waals surface area contributed by atoms with Gasteiger partial charge in [0.05, 0.1) is 5.69 Å². The van der Waals surface area contributed by atoms with E-state index < -0.39 is 6.09 Å². The lowest BCUT2D eigenvalue weighted by Gasteiger charge is -2.06.